The second kappa shape index (κ2) is 11.8. The molecule has 2 saturated heterocycles. The molecular weight excluding hydrogens is 571 g/mol. The van der Waals surface area contributed by atoms with Gasteiger partial charge in [0.25, 0.3) is 0 Å². The van der Waals surface area contributed by atoms with E-state index in [0.29, 0.717) is 44.0 Å². The van der Waals surface area contributed by atoms with Gasteiger partial charge in [0, 0.05) is 39.1 Å². The lowest BCUT2D eigenvalue weighted by Gasteiger charge is -2.36. The lowest BCUT2D eigenvalue weighted by atomic mass is 9.80. The van der Waals surface area contributed by atoms with Gasteiger partial charge >= 0.3 is 12.4 Å². The van der Waals surface area contributed by atoms with Gasteiger partial charge in [-0.25, -0.2) is 4.39 Å². The highest BCUT2D eigenvalue weighted by Gasteiger charge is 2.45. The molecule has 0 spiro atoms. The number of likely N-dealkylation sites (N-methyl/N-ethyl adjacent to an activating group) is 1. The highest BCUT2D eigenvalue weighted by atomic mass is 19.4. The van der Waals surface area contributed by atoms with E-state index in [4.69, 9.17) is 4.74 Å². The number of carbonyl (C=O) groups is 2. The van der Waals surface area contributed by atoms with Gasteiger partial charge in [0.05, 0.1) is 42.3 Å². The van der Waals surface area contributed by atoms with E-state index in [9.17, 15) is 40.3 Å². The second-order valence-electron chi connectivity index (χ2n) is 11.2. The third kappa shape index (κ3) is 6.88. The van der Waals surface area contributed by atoms with Crippen LogP contribution in [0.1, 0.15) is 42.0 Å². The van der Waals surface area contributed by atoms with Crippen molar-refractivity contribution in [3.8, 4) is 0 Å². The summed E-state index contributed by atoms with van der Waals surface area (Å²) < 4.78 is 100. The number of likely N-dealkylation sites (tertiary alicyclic amines) is 1. The third-order valence-electron chi connectivity index (χ3n) is 8.06. The van der Waals surface area contributed by atoms with Crippen LogP contribution in [-0.4, -0.2) is 85.5 Å². The van der Waals surface area contributed by atoms with Gasteiger partial charge in [0.15, 0.2) is 0 Å². The summed E-state index contributed by atoms with van der Waals surface area (Å²) in [7, 11) is 1.42. The van der Waals surface area contributed by atoms with E-state index >= 15 is 0 Å². The summed E-state index contributed by atoms with van der Waals surface area (Å²) >= 11 is 0. The summed E-state index contributed by atoms with van der Waals surface area (Å²) in [6.07, 6.45) is -10.1. The molecule has 2 aliphatic heterocycles. The molecule has 2 atom stereocenters. The Labute approximate surface area is 239 Å². The van der Waals surface area contributed by atoms with Crippen molar-refractivity contribution >= 4 is 11.8 Å². The Kier molecular flexibility index (Phi) is 8.94. The molecule has 0 unspecified atom stereocenters. The molecule has 2 aromatic carbocycles. The molecule has 2 aromatic rings. The minimum atomic E-state index is -5.07. The zero-order valence-electron chi connectivity index (χ0n) is 23.4. The smallest absolute Gasteiger partial charge is 0.379 e. The van der Waals surface area contributed by atoms with E-state index in [1.807, 2.05) is 4.90 Å². The van der Waals surface area contributed by atoms with E-state index in [2.05, 4.69) is 0 Å². The van der Waals surface area contributed by atoms with Crippen molar-refractivity contribution in [1.29, 1.82) is 0 Å². The average molecular weight is 604 g/mol. The Morgan fingerprint density at radius 2 is 1.40 bits per heavy atom. The Bertz CT molecular complexity index is 1260. The number of alkyl halides is 6. The quantitative estimate of drug-likeness (QED) is 0.440. The van der Waals surface area contributed by atoms with Crippen molar-refractivity contribution < 1.29 is 45.1 Å². The Hall–Kier alpha value is -3.19. The largest absolute Gasteiger partial charge is 0.416 e. The maximum atomic E-state index is 13.9. The maximum absolute atomic E-state index is 13.9. The van der Waals surface area contributed by atoms with Crippen molar-refractivity contribution in [2.75, 3.05) is 53.0 Å². The SMILES string of the molecule is CN(C(=O)C(C)(C)c1cc(C(F)(F)F)cc(C(F)(F)F)c1)[C@@H]1CN(C(=O)CN2CCOCC2)C[C@H]1c1ccc(F)cc1. The lowest BCUT2D eigenvalue weighted by molar-refractivity contribution is -0.144. The van der Waals surface area contributed by atoms with Gasteiger partial charge in [-0.1, -0.05) is 12.1 Å². The molecule has 6 nitrogen and oxygen atoms in total. The Balaban J connectivity index is 1.65. The minimum absolute atomic E-state index is 0.0211. The third-order valence-corrected chi connectivity index (χ3v) is 8.06. The minimum Gasteiger partial charge on any atom is -0.379 e. The fraction of sp³-hybridized carbons (Fsp3) is 0.517. The van der Waals surface area contributed by atoms with E-state index in [-0.39, 0.29) is 31.6 Å². The number of ether oxygens (including phenoxy) is 1. The molecule has 2 fully saturated rings. The molecule has 2 amide bonds. The summed E-state index contributed by atoms with van der Waals surface area (Å²) in [6.45, 7) is 5.08. The van der Waals surface area contributed by atoms with Gasteiger partial charge in [0.2, 0.25) is 11.8 Å². The predicted octanol–water partition coefficient (Wildman–Crippen LogP) is 4.93. The molecule has 0 saturated carbocycles. The van der Waals surface area contributed by atoms with Crippen LogP contribution in [0.3, 0.4) is 0 Å². The molecule has 0 N–H and O–H groups in total. The number of nitrogens with zero attached hydrogens (tertiary/aromatic N) is 3. The first kappa shape index (κ1) is 31.7. The van der Waals surface area contributed by atoms with Crippen molar-refractivity contribution in [2.24, 2.45) is 0 Å². The summed E-state index contributed by atoms with van der Waals surface area (Å²) in [4.78, 5) is 31.9. The fourth-order valence-corrected chi connectivity index (χ4v) is 5.50. The average Bonchev–Trinajstić information content (AvgIpc) is 3.38. The highest BCUT2D eigenvalue weighted by Crippen LogP contribution is 2.40. The molecule has 2 aliphatic rings. The van der Waals surface area contributed by atoms with Crippen molar-refractivity contribution in [1.82, 2.24) is 14.7 Å². The monoisotopic (exact) mass is 603 g/mol. The van der Waals surface area contributed by atoms with E-state index in [0.717, 1.165) is 0 Å². The van der Waals surface area contributed by atoms with Crippen LogP contribution in [0.2, 0.25) is 0 Å². The number of halogens is 7. The van der Waals surface area contributed by atoms with Crippen molar-refractivity contribution in [3.63, 3.8) is 0 Å². The number of amides is 2. The van der Waals surface area contributed by atoms with E-state index in [1.165, 1.54) is 50.1 Å². The van der Waals surface area contributed by atoms with Crippen LogP contribution in [0, 0.1) is 5.82 Å². The summed E-state index contributed by atoms with van der Waals surface area (Å²) in [5.74, 6) is -1.88. The molecule has 13 heteroatoms. The second-order valence-corrected chi connectivity index (χ2v) is 11.2. The topological polar surface area (TPSA) is 53.1 Å². The molecule has 2 heterocycles. The molecule has 42 heavy (non-hydrogen) atoms. The highest BCUT2D eigenvalue weighted by molar-refractivity contribution is 5.88. The Morgan fingerprint density at radius 3 is 1.93 bits per heavy atom. The normalized spacial score (nSPS) is 20.6. The maximum Gasteiger partial charge on any atom is 0.416 e. The molecular formula is C29H32F7N3O3. The van der Waals surface area contributed by atoms with Crippen molar-refractivity contribution in [2.45, 2.75) is 43.6 Å². The summed E-state index contributed by atoms with van der Waals surface area (Å²) in [5, 5.41) is 0. The standard InChI is InChI=1S/C29H32F7N3O3/c1-27(2,19-12-20(28(31,32)33)14-21(13-19)29(34,35)36)26(41)37(3)24-16-39(25(40)17-38-8-10-42-11-9-38)15-23(24)18-4-6-22(30)7-5-18/h4-7,12-14,23-24H,8-11,15-17H2,1-3H3/t23-,24+/m0/s1. The number of morpholine rings is 1. The van der Waals surface area contributed by atoms with Gasteiger partial charge in [-0.3, -0.25) is 14.5 Å². The number of hydrogen-bond acceptors (Lipinski definition) is 4. The van der Waals surface area contributed by atoms with Gasteiger partial charge in [-0.05, 0) is 55.3 Å². The number of rotatable bonds is 6. The lowest BCUT2D eigenvalue weighted by Crippen LogP contribution is -2.49. The zero-order chi connectivity index (χ0) is 31.0. The molecule has 0 radical (unpaired) electrons. The number of benzene rings is 2. The van der Waals surface area contributed by atoms with Crippen molar-refractivity contribution in [3.05, 3.63) is 70.5 Å². The van der Waals surface area contributed by atoms with Gasteiger partial charge < -0.3 is 14.5 Å². The van der Waals surface area contributed by atoms with Crippen LogP contribution >= 0.6 is 0 Å². The van der Waals surface area contributed by atoms with E-state index < -0.39 is 58.1 Å². The molecule has 4 rings (SSSR count). The summed E-state index contributed by atoms with van der Waals surface area (Å²) in [6, 6.07) is 6.03. The van der Waals surface area contributed by atoms with Crippen LogP contribution in [0.15, 0.2) is 42.5 Å². The molecule has 0 aliphatic carbocycles. The first-order chi connectivity index (χ1) is 19.5. The zero-order valence-corrected chi connectivity index (χ0v) is 23.4. The van der Waals surface area contributed by atoms with Crippen LogP contribution in [0.5, 0.6) is 0 Å². The molecule has 0 aromatic heterocycles. The summed E-state index contributed by atoms with van der Waals surface area (Å²) in [5.41, 5.74) is -4.63. The van der Waals surface area contributed by atoms with Crippen LogP contribution < -0.4 is 0 Å². The first-order valence-electron chi connectivity index (χ1n) is 13.4. The Morgan fingerprint density at radius 1 is 0.881 bits per heavy atom. The van der Waals surface area contributed by atoms with E-state index in [1.54, 1.807) is 4.90 Å². The van der Waals surface area contributed by atoms with Crippen LogP contribution in [-0.2, 0) is 32.1 Å². The number of hydrogen-bond donors (Lipinski definition) is 0. The van der Waals surface area contributed by atoms with Gasteiger partial charge in [0.1, 0.15) is 5.82 Å². The predicted molar refractivity (Wildman–Crippen MR) is 139 cm³/mol. The molecule has 0 bridgehead atoms. The first-order valence-corrected chi connectivity index (χ1v) is 13.4. The van der Waals surface area contributed by atoms with Crippen LogP contribution in [0.4, 0.5) is 30.7 Å². The van der Waals surface area contributed by atoms with Crippen LogP contribution in [0.25, 0.3) is 0 Å². The fourth-order valence-electron chi connectivity index (χ4n) is 5.50. The van der Waals surface area contributed by atoms with Gasteiger partial charge in [-0.2, -0.15) is 26.3 Å². The number of carbonyl (C=O) groups excluding carboxylic acids is 2. The van der Waals surface area contributed by atoms with Gasteiger partial charge in [-0.15, -0.1) is 0 Å². The molecule has 230 valence electrons.